The van der Waals surface area contributed by atoms with Crippen LogP contribution in [-0.4, -0.2) is 18.8 Å². The number of nitrogens with one attached hydrogen (secondary N) is 1. The molecule has 2 aromatic rings. The summed E-state index contributed by atoms with van der Waals surface area (Å²) in [6.45, 7) is 2.05. The predicted molar refractivity (Wildman–Crippen MR) is 86.7 cm³/mol. The number of hydrazone groups is 1. The van der Waals surface area contributed by atoms with Crippen LogP contribution in [0.4, 0.5) is 5.69 Å². The monoisotopic (exact) mass is 318 g/mol. The summed E-state index contributed by atoms with van der Waals surface area (Å²) in [5, 5.41) is 4.39. The van der Waals surface area contributed by atoms with Crippen molar-refractivity contribution in [3.8, 4) is 11.5 Å². The third-order valence-electron chi connectivity index (χ3n) is 2.54. The van der Waals surface area contributed by atoms with E-state index in [1.807, 2.05) is 12.1 Å². The molecule has 0 spiro atoms. The standard InChI is InChI=1S/C16H15ClN2O3/c1-2-21-16(20)11-18-19-13-6-8-14(9-7-13)22-15-5-3-4-12(17)10-15/h3-11,19H,2H2,1H3/b18-11+. The van der Waals surface area contributed by atoms with Gasteiger partial charge in [-0.3, -0.25) is 5.43 Å². The number of anilines is 1. The maximum Gasteiger partial charge on any atom is 0.351 e. The van der Waals surface area contributed by atoms with Crippen molar-refractivity contribution in [3.05, 3.63) is 53.6 Å². The van der Waals surface area contributed by atoms with Crippen molar-refractivity contribution in [1.82, 2.24) is 0 Å². The van der Waals surface area contributed by atoms with Crippen molar-refractivity contribution in [3.63, 3.8) is 0 Å². The van der Waals surface area contributed by atoms with E-state index in [0.29, 0.717) is 23.1 Å². The highest BCUT2D eigenvalue weighted by Crippen LogP contribution is 2.25. The van der Waals surface area contributed by atoms with Gasteiger partial charge in [0.15, 0.2) is 0 Å². The van der Waals surface area contributed by atoms with Gasteiger partial charge in [0, 0.05) is 5.02 Å². The molecule has 0 atom stereocenters. The van der Waals surface area contributed by atoms with Crippen LogP contribution < -0.4 is 10.2 Å². The van der Waals surface area contributed by atoms with Crippen molar-refractivity contribution in [2.75, 3.05) is 12.0 Å². The first-order valence-corrected chi connectivity index (χ1v) is 7.04. The molecule has 1 N–H and O–H groups in total. The number of benzene rings is 2. The topological polar surface area (TPSA) is 59.9 Å². The SMILES string of the molecule is CCOC(=O)/C=N/Nc1ccc(Oc2cccc(Cl)c2)cc1. The van der Waals surface area contributed by atoms with Crippen LogP contribution >= 0.6 is 11.6 Å². The molecule has 5 nitrogen and oxygen atoms in total. The van der Waals surface area contributed by atoms with E-state index in [2.05, 4.69) is 10.5 Å². The van der Waals surface area contributed by atoms with Crippen molar-refractivity contribution in [2.24, 2.45) is 5.10 Å². The number of hydrogen-bond acceptors (Lipinski definition) is 5. The molecule has 0 aliphatic carbocycles. The van der Waals surface area contributed by atoms with E-state index in [0.717, 1.165) is 11.9 Å². The Balaban J connectivity index is 1.91. The third kappa shape index (κ3) is 5.10. The van der Waals surface area contributed by atoms with Crippen LogP contribution in [0.1, 0.15) is 6.92 Å². The maximum absolute atomic E-state index is 11.1. The molecule has 0 aromatic heterocycles. The predicted octanol–water partition coefficient (Wildman–Crippen LogP) is 4.09. The molecule has 114 valence electrons. The average molecular weight is 319 g/mol. The van der Waals surface area contributed by atoms with E-state index in [-0.39, 0.29) is 0 Å². The molecule has 0 radical (unpaired) electrons. The molecule has 2 aromatic carbocycles. The molecule has 0 amide bonds. The maximum atomic E-state index is 11.1. The van der Waals surface area contributed by atoms with Gasteiger partial charge in [0.1, 0.15) is 17.7 Å². The quantitative estimate of drug-likeness (QED) is 0.495. The lowest BCUT2D eigenvalue weighted by atomic mass is 10.3. The number of rotatable bonds is 6. The molecule has 22 heavy (non-hydrogen) atoms. The van der Waals surface area contributed by atoms with E-state index in [9.17, 15) is 4.79 Å². The highest BCUT2D eigenvalue weighted by molar-refractivity contribution is 6.30. The zero-order valence-corrected chi connectivity index (χ0v) is 12.7. The van der Waals surface area contributed by atoms with Crippen LogP contribution in [0.3, 0.4) is 0 Å². The zero-order valence-electron chi connectivity index (χ0n) is 12.0. The lowest BCUT2D eigenvalue weighted by Crippen LogP contribution is -2.06. The Kier molecular flexibility index (Phi) is 5.80. The minimum atomic E-state index is -0.490. The van der Waals surface area contributed by atoms with Gasteiger partial charge in [-0.1, -0.05) is 17.7 Å². The van der Waals surface area contributed by atoms with E-state index in [4.69, 9.17) is 21.1 Å². The van der Waals surface area contributed by atoms with Crippen molar-refractivity contribution >= 4 is 29.5 Å². The minimum absolute atomic E-state index is 0.320. The summed E-state index contributed by atoms with van der Waals surface area (Å²) in [5.74, 6) is 0.839. The smallest absolute Gasteiger partial charge is 0.351 e. The Labute approximate surface area is 133 Å². The van der Waals surface area contributed by atoms with E-state index < -0.39 is 5.97 Å². The summed E-state index contributed by atoms with van der Waals surface area (Å²) < 4.78 is 10.4. The number of hydrogen-bond donors (Lipinski definition) is 1. The number of carbonyl (C=O) groups excluding carboxylic acids is 1. The summed E-state index contributed by atoms with van der Waals surface area (Å²) in [6, 6.07) is 14.3. The van der Waals surface area contributed by atoms with Gasteiger partial charge < -0.3 is 9.47 Å². The van der Waals surface area contributed by atoms with Gasteiger partial charge >= 0.3 is 5.97 Å². The highest BCUT2D eigenvalue weighted by Gasteiger charge is 1.99. The Morgan fingerprint density at radius 2 is 2.00 bits per heavy atom. The van der Waals surface area contributed by atoms with Gasteiger partial charge in [-0.05, 0) is 49.4 Å². The van der Waals surface area contributed by atoms with Gasteiger partial charge in [0.05, 0.1) is 12.3 Å². The van der Waals surface area contributed by atoms with E-state index >= 15 is 0 Å². The Bertz CT molecular complexity index is 657. The zero-order chi connectivity index (χ0) is 15.8. The highest BCUT2D eigenvalue weighted by atomic mass is 35.5. The van der Waals surface area contributed by atoms with Gasteiger partial charge in [-0.15, -0.1) is 0 Å². The molecule has 0 saturated heterocycles. The lowest BCUT2D eigenvalue weighted by Gasteiger charge is -2.06. The van der Waals surface area contributed by atoms with Crippen molar-refractivity contribution in [2.45, 2.75) is 6.92 Å². The molecular formula is C16H15ClN2O3. The summed E-state index contributed by atoms with van der Waals surface area (Å²) in [7, 11) is 0. The fourth-order valence-electron chi connectivity index (χ4n) is 1.60. The summed E-state index contributed by atoms with van der Waals surface area (Å²) >= 11 is 5.90. The molecule has 0 unspecified atom stereocenters. The molecule has 0 fully saturated rings. The first-order valence-electron chi connectivity index (χ1n) is 6.66. The normalized spacial score (nSPS) is 10.5. The summed E-state index contributed by atoms with van der Waals surface area (Å²) in [4.78, 5) is 11.1. The number of carbonyl (C=O) groups is 1. The number of esters is 1. The average Bonchev–Trinajstić information content (AvgIpc) is 2.49. The fraction of sp³-hybridized carbons (Fsp3) is 0.125. The Hall–Kier alpha value is -2.53. The molecule has 0 bridgehead atoms. The Morgan fingerprint density at radius 3 is 2.68 bits per heavy atom. The van der Waals surface area contributed by atoms with Crippen molar-refractivity contribution in [1.29, 1.82) is 0 Å². The third-order valence-corrected chi connectivity index (χ3v) is 2.77. The van der Waals surface area contributed by atoms with Crippen LogP contribution in [0.5, 0.6) is 11.5 Å². The second-order valence-corrected chi connectivity index (χ2v) is 4.64. The van der Waals surface area contributed by atoms with Gasteiger partial charge in [-0.2, -0.15) is 5.10 Å². The molecule has 0 aliphatic rings. The summed E-state index contributed by atoms with van der Waals surface area (Å²) in [6.07, 6.45) is 1.08. The number of ether oxygens (including phenoxy) is 2. The van der Waals surface area contributed by atoms with E-state index in [1.54, 1.807) is 43.3 Å². The molecular weight excluding hydrogens is 304 g/mol. The molecule has 6 heteroatoms. The van der Waals surface area contributed by atoms with E-state index in [1.165, 1.54) is 0 Å². The van der Waals surface area contributed by atoms with Gasteiger partial charge in [0.2, 0.25) is 0 Å². The summed E-state index contributed by atoms with van der Waals surface area (Å²) in [5.41, 5.74) is 3.45. The molecule has 2 rings (SSSR count). The minimum Gasteiger partial charge on any atom is -0.462 e. The largest absolute Gasteiger partial charge is 0.462 e. The number of halogens is 1. The van der Waals surface area contributed by atoms with Crippen LogP contribution in [0.15, 0.2) is 53.6 Å². The molecule has 0 saturated carbocycles. The molecule has 0 aliphatic heterocycles. The van der Waals surface area contributed by atoms with Crippen molar-refractivity contribution < 1.29 is 14.3 Å². The second kappa shape index (κ2) is 8.05. The van der Waals surface area contributed by atoms with Gasteiger partial charge in [-0.25, -0.2) is 4.79 Å². The molecule has 0 heterocycles. The van der Waals surface area contributed by atoms with Gasteiger partial charge in [0.25, 0.3) is 0 Å². The number of nitrogens with zero attached hydrogens (tertiary/aromatic N) is 1. The van der Waals surface area contributed by atoms with Crippen LogP contribution in [0.25, 0.3) is 0 Å². The lowest BCUT2D eigenvalue weighted by molar-refractivity contribution is -0.134. The first kappa shape index (κ1) is 15.9. The first-order chi connectivity index (χ1) is 10.7. The Morgan fingerprint density at radius 1 is 1.23 bits per heavy atom. The van der Waals surface area contributed by atoms with Crippen LogP contribution in [0, 0.1) is 0 Å². The van der Waals surface area contributed by atoms with Crippen LogP contribution in [0.2, 0.25) is 5.02 Å². The van der Waals surface area contributed by atoms with Crippen LogP contribution in [-0.2, 0) is 9.53 Å². The fourth-order valence-corrected chi connectivity index (χ4v) is 1.78. The second-order valence-electron chi connectivity index (χ2n) is 4.21.